The Bertz CT molecular complexity index is 791. The maximum atomic E-state index is 12.5. The predicted octanol–water partition coefficient (Wildman–Crippen LogP) is 2.00. The van der Waals surface area contributed by atoms with Crippen LogP contribution in [0.5, 0.6) is 5.75 Å². The van der Waals surface area contributed by atoms with Crippen LogP contribution in [0.4, 0.5) is 5.95 Å². The highest BCUT2D eigenvalue weighted by Gasteiger charge is 2.28. The summed E-state index contributed by atoms with van der Waals surface area (Å²) < 4.78 is 5.24. The molecular formula is C20H27N5O2. The van der Waals surface area contributed by atoms with E-state index in [-0.39, 0.29) is 17.8 Å². The predicted molar refractivity (Wildman–Crippen MR) is 106 cm³/mol. The summed E-state index contributed by atoms with van der Waals surface area (Å²) in [5.74, 6) is 1.36. The van der Waals surface area contributed by atoms with Gasteiger partial charge < -0.3 is 20.3 Å². The van der Waals surface area contributed by atoms with Crippen molar-refractivity contribution in [3.8, 4) is 16.9 Å². The van der Waals surface area contributed by atoms with Gasteiger partial charge in [0.15, 0.2) is 0 Å². The van der Waals surface area contributed by atoms with E-state index in [9.17, 15) is 4.79 Å². The van der Waals surface area contributed by atoms with Gasteiger partial charge in [0.05, 0.1) is 19.3 Å². The highest BCUT2D eigenvalue weighted by atomic mass is 16.5. The molecule has 1 saturated heterocycles. The SMILES string of the molecule is COc1ccc(-c2cnc(N)nc2[C@H]2CCCN(C(=O)CN(C)C)C2)cc1. The molecule has 1 aromatic heterocycles. The summed E-state index contributed by atoms with van der Waals surface area (Å²) in [7, 11) is 5.46. The number of nitrogens with zero attached hydrogens (tertiary/aromatic N) is 4. The first kappa shape index (κ1) is 19.1. The molecule has 3 rings (SSSR count). The van der Waals surface area contributed by atoms with Gasteiger partial charge in [0.2, 0.25) is 11.9 Å². The van der Waals surface area contributed by atoms with Gasteiger partial charge in [-0.05, 0) is 44.6 Å². The second-order valence-electron chi connectivity index (χ2n) is 7.17. The second-order valence-corrected chi connectivity index (χ2v) is 7.17. The van der Waals surface area contributed by atoms with Gasteiger partial charge in [-0.25, -0.2) is 9.97 Å². The van der Waals surface area contributed by atoms with Crippen LogP contribution in [0.2, 0.25) is 0 Å². The highest BCUT2D eigenvalue weighted by Crippen LogP contribution is 2.34. The molecule has 2 aromatic rings. The number of amides is 1. The first-order valence-electron chi connectivity index (χ1n) is 9.17. The Hall–Kier alpha value is -2.67. The van der Waals surface area contributed by atoms with Crippen molar-refractivity contribution in [2.45, 2.75) is 18.8 Å². The number of anilines is 1. The molecule has 2 N–H and O–H groups in total. The Balaban J connectivity index is 1.88. The normalized spacial score (nSPS) is 17.2. The fourth-order valence-corrected chi connectivity index (χ4v) is 3.51. The lowest BCUT2D eigenvalue weighted by atomic mass is 9.90. The number of ether oxygens (including phenoxy) is 1. The number of hydrogen-bond donors (Lipinski definition) is 1. The zero-order valence-electron chi connectivity index (χ0n) is 16.2. The van der Waals surface area contributed by atoms with Crippen molar-refractivity contribution < 1.29 is 9.53 Å². The monoisotopic (exact) mass is 369 g/mol. The van der Waals surface area contributed by atoms with Crippen LogP contribution in [0.25, 0.3) is 11.1 Å². The zero-order chi connectivity index (χ0) is 19.4. The number of rotatable bonds is 5. The molecule has 27 heavy (non-hydrogen) atoms. The van der Waals surface area contributed by atoms with Gasteiger partial charge in [-0.3, -0.25) is 4.79 Å². The Morgan fingerprint density at radius 2 is 2.07 bits per heavy atom. The molecule has 0 spiro atoms. The number of likely N-dealkylation sites (N-methyl/N-ethyl adjacent to an activating group) is 1. The van der Waals surface area contributed by atoms with E-state index in [4.69, 9.17) is 10.5 Å². The van der Waals surface area contributed by atoms with Crippen molar-refractivity contribution in [2.75, 3.05) is 46.6 Å². The maximum absolute atomic E-state index is 12.5. The summed E-state index contributed by atoms with van der Waals surface area (Å²) in [6, 6.07) is 7.83. The van der Waals surface area contributed by atoms with E-state index in [1.54, 1.807) is 13.3 Å². The number of hydrogen-bond acceptors (Lipinski definition) is 6. The third-order valence-corrected chi connectivity index (χ3v) is 4.85. The summed E-state index contributed by atoms with van der Waals surface area (Å²) >= 11 is 0. The average molecular weight is 369 g/mol. The van der Waals surface area contributed by atoms with E-state index in [0.717, 1.165) is 42.0 Å². The minimum absolute atomic E-state index is 0.146. The fourth-order valence-electron chi connectivity index (χ4n) is 3.51. The van der Waals surface area contributed by atoms with E-state index in [1.165, 1.54) is 0 Å². The van der Waals surface area contributed by atoms with Crippen LogP contribution in [-0.2, 0) is 4.79 Å². The van der Waals surface area contributed by atoms with Gasteiger partial charge in [0.25, 0.3) is 0 Å². The molecule has 7 nitrogen and oxygen atoms in total. The van der Waals surface area contributed by atoms with Crippen LogP contribution in [0.15, 0.2) is 30.5 Å². The molecule has 0 unspecified atom stereocenters. The number of carbonyl (C=O) groups excluding carboxylic acids is 1. The van der Waals surface area contributed by atoms with Crippen LogP contribution in [-0.4, -0.2) is 66.5 Å². The molecule has 0 aliphatic carbocycles. The minimum atomic E-state index is 0.146. The van der Waals surface area contributed by atoms with Gasteiger partial charge in [0.1, 0.15) is 5.75 Å². The first-order chi connectivity index (χ1) is 13.0. The van der Waals surface area contributed by atoms with Crippen molar-refractivity contribution in [1.29, 1.82) is 0 Å². The van der Waals surface area contributed by atoms with Crippen LogP contribution in [0, 0.1) is 0 Å². The van der Waals surface area contributed by atoms with E-state index >= 15 is 0 Å². The minimum Gasteiger partial charge on any atom is -0.497 e. The Labute approximate surface area is 160 Å². The van der Waals surface area contributed by atoms with Gasteiger partial charge in [-0.15, -0.1) is 0 Å². The molecular weight excluding hydrogens is 342 g/mol. The molecule has 144 valence electrons. The average Bonchev–Trinajstić information content (AvgIpc) is 2.67. The topological polar surface area (TPSA) is 84.6 Å². The lowest BCUT2D eigenvalue weighted by Gasteiger charge is -2.34. The summed E-state index contributed by atoms with van der Waals surface area (Å²) in [6.07, 6.45) is 3.71. The quantitative estimate of drug-likeness (QED) is 0.868. The smallest absolute Gasteiger partial charge is 0.236 e. The first-order valence-corrected chi connectivity index (χ1v) is 9.17. The van der Waals surface area contributed by atoms with Crippen molar-refractivity contribution in [2.24, 2.45) is 0 Å². The standard InChI is InChI=1S/C20H27N5O2/c1-24(2)13-18(26)25-10-4-5-15(12-25)19-17(11-22-20(21)23-19)14-6-8-16(27-3)9-7-14/h6-9,11,15H,4-5,10,12-13H2,1-3H3,(H2,21,22,23)/t15-/m0/s1. The van der Waals surface area contributed by atoms with Crippen LogP contribution < -0.4 is 10.5 Å². The van der Waals surface area contributed by atoms with Gasteiger partial charge in [0, 0.05) is 30.8 Å². The third-order valence-electron chi connectivity index (χ3n) is 4.85. The highest BCUT2D eigenvalue weighted by molar-refractivity contribution is 5.78. The summed E-state index contributed by atoms with van der Waals surface area (Å²) in [6.45, 7) is 1.87. The number of likely N-dealkylation sites (tertiary alicyclic amines) is 1. The van der Waals surface area contributed by atoms with Gasteiger partial charge in [-0.1, -0.05) is 12.1 Å². The van der Waals surface area contributed by atoms with E-state index in [2.05, 4.69) is 9.97 Å². The molecule has 1 aliphatic rings. The number of methoxy groups -OCH3 is 1. The molecule has 7 heteroatoms. The van der Waals surface area contributed by atoms with Crippen LogP contribution in [0.1, 0.15) is 24.5 Å². The number of carbonyl (C=O) groups is 1. The third kappa shape index (κ3) is 4.54. The van der Waals surface area contributed by atoms with Crippen LogP contribution >= 0.6 is 0 Å². The Kier molecular flexibility index (Phi) is 5.91. The molecule has 1 aliphatic heterocycles. The molecule has 0 bridgehead atoms. The largest absolute Gasteiger partial charge is 0.497 e. The van der Waals surface area contributed by atoms with Crippen molar-refractivity contribution in [1.82, 2.24) is 19.8 Å². The number of nitrogens with two attached hydrogens (primary N) is 1. The molecule has 1 aromatic carbocycles. The van der Waals surface area contributed by atoms with Gasteiger partial charge in [-0.2, -0.15) is 0 Å². The lowest BCUT2D eigenvalue weighted by molar-refractivity contribution is -0.133. The summed E-state index contributed by atoms with van der Waals surface area (Å²) in [5.41, 5.74) is 8.77. The Morgan fingerprint density at radius 1 is 1.33 bits per heavy atom. The molecule has 0 radical (unpaired) electrons. The van der Waals surface area contributed by atoms with Crippen molar-refractivity contribution >= 4 is 11.9 Å². The lowest BCUT2D eigenvalue weighted by Crippen LogP contribution is -2.43. The second kappa shape index (κ2) is 8.35. The van der Waals surface area contributed by atoms with Crippen molar-refractivity contribution in [3.05, 3.63) is 36.2 Å². The number of benzene rings is 1. The molecule has 1 amide bonds. The van der Waals surface area contributed by atoms with Crippen LogP contribution in [0.3, 0.4) is 0 Å². The molecule has 0 saturated carbocycles. The van der Waals surface area contributed by atoms with Crippen molar-refractivity contribution in [3.63, 3.8) is 0 Å². The fraction of sp³-hybridized carbons (Fsp3) is 0.450. The number of nitrogen functional groups attached to an aromatic ring is 1. The van der Waals surface area contributed by atoms with Gasteiger partial charge >= 0.3 is 0 Å². The van der Waals surface area contributed by atoms with E-state index in [1.807, 2.05) is 48.2 Å². The summed E-state index contributed by atoms with van der Waals surface area (Å²) in [5, 5.41) is 0. The van der Waals surface area contributed by atoms with E-state index < -0.39 is 0 Å². The molecule has 1 atom stereocenters. The number of piperidine rings is 1. The van der Waals surface area contributed by atoms with E-state index in [0.29, 0.717) is 13.1 Å². The number of aromatic nitrogens is 2. The zero-order valence-corrected chi connectivity index (χ0v) is 16.2. The maximum Gasteiger partial charge on any atom is 0.236 e. The summed E-state index contributed by atoms with van der Waals surface area (Å²) in [4.78, 5) is 25.1. The molecule has 1 fully saturated rings. The Morgan fingerprint density at radius 3 is 2.74 bits per heavy atom. The molecule has 2 heterocycles.